The summed E-state index contributed by atoms with van der Waals surface area (Å²) in [6.45, 7) is 14.2. The zero-order valence-electron chi connectivity index (χ0n) is 34.5. The molecule has 308 valence electrons. The van der Waals surface area contributed by atoms with E-state index in [1.54, 1.807) is 6.92 Å². The second-order valence-electron chi connectivity index (χ2n) is 17.7. The van der Waals surface area contributed by atoms with Gasteiger partial charge in [0, 0.05) is 38.1 Å². The van der Waals surface area contributed by atoms with Gasteiger partial charge in [0.2, 0.25) is 11.8 Å². The van der Waals surface area contributed by atoms with Crippen LogP contribution in [0.15, 0.2) is 0 Å². The number of aliphatic hydroxyl groups excluding tert-OH is 1. The van der Waals surface area contributed by atoms with Gasteiger partial charge in [0.15, 0.2) is 11.6 Å². The van der Waals surface area contributed by atoms with Gasteiger partial charge in [-0.25, -0.2) is 0 Å². The largest absolute Gasteiger partial charge is 0.461 e. The summed E-state index contributed by atoms with van der Waals surface area (Å²) in [5.74, 6) is -2.64. The zero-order chi connectivity index (χ0) is 40.2. The predicted octanol–water partition coefficient (Wildman–Crippen LogP) is 4.81. The molecule has 0 aromatic rings. The van der Waals surface area contributed by atoms with Crippen molar-refractivity contribution >= 4 is 36.3 Å². The van der Waals surface area contributed by atoms with E-state index in [4.69, 9.17) is 20.8 Å². The number of rotatable bonds is 27. The number of hydrogen-bond donors (Lipinski definition) is 5. The number of aliphatic hydroxyl groups is 1. The Morgan fingerprint density at radius 1 is 0.833 bits per heavy atom. The molecule has 54 heavy (non-hydrogen) atoms. The molecule has 4 aliphatic rings. The number of carbonyl (C=O) groups is 5. The molecule has 4 rings (SSSR count). The highest BCUT2D eigenvalue weighted by Crippen LogP contribution is 2.66. The van der Waals surface area contributed by atoms with Crippen molar-refractivity contribution in [1.29, 1.82) is 0 Å². The molecule has 3 aliphatic carbocycles. The number of carbonyl (C=O) groups excluding carboxylic acids is 5. The normalized spacial score (nSPS) is 26.0. The molecule has 1 heterocycles. The van der Waals surface area contributed by atoms with E-state index in [0.717, 1.165) is 38.5 Å². The van der Waals surface area contributed by atoms with Gasteiger partial charge in [-0.3, -0.25) is 24.0 Å². The number of ketones is 3. The van der Waals surface area contributed by atoms with Crippen LogP contribution in [0.5, 0.6) is 0 Å². The minimum atomic E-state index is -1.28. The molecule has 1 saturated heterocycles. The molecule has 0 radical (unpaired) electrons. The molecule has 12 nitrogen and oxygen atoms in total. The van der Waals surface area contributed by atoms with Crippen LogP contribution >= 0.6 is 0 Å². The molecule has 0 aromatic carbocycles. The van der Waals surface area contributed by atoms with Crippen LogP contribution in [0.25, 0.3) is 0 Å². The summed E-state index contributed by atoms with van der Waals surface area (Å²) >= 11 is 0. The van der Waals surface area contributed by atoms with E-state index >= 15 is 0 Å². The van der Waals surface area contributed by atoms with Crippen LogP contribution in [0.4, 0.5) is 0 Å². The van der Waals surface area contributed by atoms with Gasteiger partial charge in [-0.05, 0) is 82.0 Å². The summed E-state index contributed by atoms with van der Waals surface area (Å²) in [6, 6.07) is -2.05. The van der Waals surface area contributed by atoms with Crippen LogP contribution in [0, 0.1) is 29.1 Å². The van der Waals surface area contributed by atoms with E-state index in [1.165, 1.54) is 26.2 Å². The molecular weight excluding hydrogens is 687 g/mol. The molecule has 7 N–H and O–H groups in total. The molecule has 1 aliphatic heterocycles. The van der Waals surface area contributed by atoms with E-state index in [-0.39, 0.29) is 60.3 Å². The Morgan fingerprint density at radius 2 is 1.50 bits per heavy atom. The highest BCUT2D eigenvalue weighted by atomic mass is 16.7. The smallest absolute Gasteiger partial charge is 0.405 e. The third-order valence-electron chi connectivity index (χ3n) is 12.9. The van der Waals surface area contributed by atoms with Crippen LogP contribution in [0.3, 0.4) is 0 Å². The third kappa shape index (κ3) is 12.2. The summed E-state index contributed by atoms with van der Waals surface area (Å²) in [6.07, 6.45) is 10.4. The Morgan fingerprint density at radius 3 is 2.11 bits per heavy atom. The summed E-state index contributed by atoms with van der Waals surface area (Å²) in [7, 11) is -0.509. The first kappa shape index (κ1) is 46.2. The maximum atomic E-state index is 13.7. The average molecular weight is 761 g/mol. The van der Waals surface area contributed by atoms with Gasteiger partial charge < -0.3 is 36.5 Å². The highest BCUT2D eigenvalue weighted by Gasteiger charge is 2.68. The molecular formula is C41H73BN4O8. The van der Waals surface area contributed by atoms with E-state index in [1.807, 2.05) is 6.92 Å². The molecule has 2 bridgehead atoms. The Kier molecular flexibility index (Phi) is 18.3. The number of Topliss-reactive ketones (excluding diaryl/α,β-unsaturated/α-hetero) is 3. The Bertz CT molecular complexity index is 1270. The zero-order valence-corrected chi connectivity index (χ0v) is 34.5. The molecule has 4 fully saturated rings. The summed E-state index contributed by atoms with van der Waals surface area (Å²) in [5, 5.41) is 15.9. The van der Waals surface area contributed by atoms with E-state index < -0.39 is 54.7 Å². The van der Waals surface area contributed by atoms with E-state index in [2.05, 4.69) is 38.3 Å². The van der Waals surface area contributed by atoms with Crippen molar-refractivity contribution in [2.45, 2.75) is 187 Å². The first-order valence-corrected chi connectivity index (χ1v) is 21.1. The Labute approximate surface area is 325 Å². The van der Waals surface area contributed by atoms with Gasteiger partial charge in [-0.2, -0.15) is 0 Å². The molecule has 10 atom stereocenters. The minimum Gasteiger partial charge on any atom is -0.405 e. The maximum Gasteiger partial charge on any atom is 0.461 e. The van der Waals surface area contributed by atoms with E-state index in [0.29, 0.717) is 44.1 Å². The number of nitrogens with one attached hydrogen (secondary N) is 2. The first-order chi connectivity index (χ1) is 25.5. The lowest BCUT2D eigenvalue weighted by Gasteiger charge is -2.64. The van der Waals surface area contributed by atoms with E-state index in [9.17, 15) is 29.1 Å². The van der Waals surface area contributed by atoms with Gasteiger partial charge in [-0.1, -0.05) is 73.1 Å². The number of amides is 2. The lowest BCUT2D eigenvalue weighted by molar-refractivity contribution is -0.199. The fourth-order valence-electron chi connectivity index (χ4n) is 9.02. The standard InChI is InChI=1S/C41H73BN4O8/c1-8-9-10-11-12-13-14-17-31(48)22-29(25-44)39(52)46-37(28(4)47)34(50)20-26(2)38(51)45-32(18-15-16-19-43)33(49)21-27(3)42-53-36-24-30-23-35(40(30,5)6)41(36,7)54-42/h26-30,32,35-37,47H,8-25,43-44H2,1-7H3,(H,45,51)(H,46,52)/t26-,27-,28-,29+,30+,32+,35+,36?,37+,41+/m1/s1. The highest BCUT2D eigenvalue weighted by molar-refractivity contribution is 6.47. The van der Waals surface area contributed by atoms with Crippen LogP contribution in [-0.2, 0) is 33.3 Å². The van der Waals surface area contributed by atoms with Gasteiger partial charge in [-0.15, -0.1) is 0 Å². The number of unbranched alkanes of at least 4 members (excludes halogenated alkanes) is 7. The van der Waals surface area contributed by atoms with Crippen molar-refractivity contribution in [2.75, 3.05) is 13.1 Å². The number of nitrogens with two attached hydrogens (primary N) is 2. The van der Waals surface area contributed by atoms with Crippen molar-refractivity contribution in [3.05, 3.63) is 0 Å². The Balaban J connectivity index is 1.52. The van der Waals surface area contributed by atoms with Crippen molar-refractivity contribution in [2.24, 2.45) is 40.6 Å². The summed E-state index contributed by atoms with van der Waals surface area (Å²) in [5.41, 5.74) is 11.4. The fraction of sp³-hybridized carbons (Fsp3) is 0.878. The molecule has 0 spiro atoms. The van der Waals surface area contributed by atoms with Crippen molar-refractivity contribution < 1.29 is 38.4 Å². The van der Waals surface area contributed by atoms with Gasteiger partial charge in [0.25, 0.3) is 0 Å². The number of hydrogen-bond acceptors (Lipinski definition) is 10. The van der Waals surface area contributed by atoms with Gasteiger partial charge in [0.1, 0.15) is 11.8 Å². The third-order valence-corrected chi connectivity index (χ3v) is 12.9. The maximum absolute atomic E-state index is 13.7. The van der Waals surface area contributed by atoms with Gasteiger partial charge >= 0.3 is 7.12 Å². The molecule has 2 amide bonds. The quantitative estimate of drug-likeness (QED) is 0.0572. The van der Waals surface area contributed by atoms with Crippen LogP contribution < -0.4 is 22.1 Å². The molecule has 0 aromatic heterocycles. The van der Waals surface area contributed by atoms with Gasteiger partial charge in [0.05, 0.1) is 29.8 Å². The molecule has 3 saturated carbocycles. The van der Waals surface area contributed by atoms with Crippen LogP contribution in [0.2, 0.25) is 5.82 Å². The fourth-order valence-corrected chi connectivity index (χ4v) is 9.02. The minimum absolute atomic E-state index is 0.00825. The Hall–Kier alpha value is -2.19. The molecule has 1 unspecified atom stereocenters. The monoisotopic (exact) mass is 761 g/mol. The second kappa shape index (κ2) is 21.4. The van der Waals surface area contributed by atoms with Crippen LogP contribution in [-0.4, -0.2) is 84.4 Å². The first-order valence-electron chi connectivity index (χ1n) is 21.1. The SMILES string of the molecule is CCCCCCCCCC(=O)C[C@@H](CN)C(=O)N[C@H](C(=O)C[C@@H](C)C(=O)N[C@@H](CCCCN)C(=O)C[C@@H](C)B1OC2C[C@@H]3C[C@@H](C3(C)C)[C@]2(C)O1)[C@@H](C)O. The lowest BCUT2D eigenvalue weighted by atomic mass is 9.43. The second-order valence-corrected chi connectivity index (χ2v) is 17.7. The lowest BCUT2D eigenvalue weighted by Crippen LogP contribution is -2.65. The van der Waals surface area contributed by atoms with Crippen molar-refractivity contribution in [1.82, 2.24) is 10.6 Å². The van der Waals surface area contributed by atoms with Crippen molar-refractivity contribution in [3.63, 3.8) is 0 Å². The topological polar surface area (TPSA) is 200 Å². The average Bonchev–Trinajstić information content (AvgIpc) is 3.49. The molecule has 13 heteroatoms. The summed E-state index contributed by atoms with van der Waals surface area (Å²) < 4.78 is 13.0. The summed E-state index contributed by atoms with van der Waals surface area (Å²) in [4.78, 5) is 66.4. The predicted molar refractivity (Wildman–Crippen MR) is 211 cm³/mol. The van der Waals surface area contributed by atoms with Crippen molar-refractivity contribution in [3.8, 4) is 0 Å². The van der Waals surface area contributed by atoms with Crippen LogP contribution in [0.1, 0.15) is 151 Å².